The number of nitrogens with zero attached hydrogens (tertiary/aromatic N) is 4. The van der Waals surface area contributed by atoms with Gasteiger partial charge in [0.15, 0.2) is 5.96 Å². The van der Waals surface area contributed by atoms with Crippen LogP contribution in [0.15, 0.2) is 34.6 Å². The van der Waals surface area contributed by atoms with Crippen molar-refractivity contribution in [1.29, 1.82) is 0 Å². The molecule has 166 valence electrons. The lowest BCUT2D eigenvalue weighted by Crippen LogP contribution is -2.52. The number of hydrogen-bond acceptors (Lipinski definition) is 5. The summed E-state index contributed by atoms with van der Waals surface area (Å²) in [6.07, 6.45) is 0.918. The highest BCUT2D eigenvalue weighted by atomic mass is 127. The van der Waals surface area contributed by atoms with E-state index in [9.17, 15) is 0 Å². The second-order valence-electron chi connectivity index (χ2n) is 8.25. The van der Waals surface area contributed by atoms with Crippen LogP contribution in [-0.2, 0) is 11.8 Å². The number of benzene rings is 1. The Bertz CT molecular complexity index is 825. The van der Waals surface area contributed by atoms with Crippen LogP contribution in [0.1, 0.15) is 31.5 Å². The number of aliphatic imine (C=N–C) groups is 1. The minimum atomic E-state index is 0. The lowest BCUT2D eigenvalue weighted by atomic mass is 9.93. The van der Waals surface area contributed by atoms with Crippen LogP contribution in [0.5, 0.6) is 5.75 Å². The van der Waals surface area contributed by atoms with Gasteiger partial charge < -0.3 is 19.9 Å². The Balaban J connectivity index is 0.00000320. The molecule has 1 fully saturated rings. The van der Waals surface area contributed by atoms with Crippen molar-refractivity contribution in [2.24, 2.45) is 4.99 Å². The van der Waals surface area contributed by atoms with Gasteiger partial charge in [-0.15, -0.1) is 35.3 Å². The number of rotatable bonds is 5. The second kappa shape index (κ2) is 11.2. The number of hydrogen-bond donors (Lipinski definition) is 1. The molecule has 1 aliphatic heterocycles. The van der Waals surface area contributed by atoms with Gasteiger partial charge in [-0.2, -0.15) is 0 Å². The number of methoxy groups -OCH3 is 1. The van der Waals surface area contributed by atoms with Crippen LogP contribution in [0.25, 0.3) is 0 Å². The van der Waals surface area contributed by atoms with Crippen LogP contribution >= 0.6 is 35.3 Å². The molecule has 2 heterocycles. The van der Waals surface area contributed by atoms with E-state index in [1.54, 1.807) is 18.4 Å². The number of nitrogens with one attached hydrogen (secondary N) is 1. The SMILES string of the molecule is CN=C(NCCc1nc(C(C)(C)C)cs1)N1CCN(c2ccccc2OC)CC1.I. The average molecular weight is 544 g/mol. The molecule has 0 unspecified atom stereocenters. The van der Waals surface area contributed by atoms with E-state index in [1.165, 1.54) is 10.7 Å². The summed E-state index contributed by atoms with van der Waals surface area (Å²) >= 11 is 1.75. The number of guanidine groups is 1. The average Bonchev–Trinajstić information content (AvgIpc) is 3.21. The maximum atomic E-state index is 5.52. The summed E-state index contributed by atoms with van der Waals surface area (Å²) in [5.74, 6) is 1.90. The van der Waals surface area contributed by atoms with Crippen LogP contribution < -0.4 is 15.0 Å². The molecular formula is C22H34IN5OS. The van der Waals surface area contributed by atoms with E-state index in [0.29, 0.717) is 0 Å². The van der Waals surface area contributed by atoms with Crippen molar-refractivity contribution < 1.29 is 4.74 Å². The van der Waals surface area contributed by atoms with Crippen LogP contribution in [0.4, 0.5) is 5.69 Å². The summed E-state index contributed by atoms with van der Waals surface area (Å²) in [5.41, 5.74) is 2.45. The van der Waals surface area contributed by atoms with Crippen molar-refractivity contribution in [3.63, 3.8) is 0 Å². The highest BCUT2D eigenvalue weighted by molar-refractivity contribution is 14.0. The monoisotopic (exact) mass is 543 g/mol. The van der Waals surface area contributed by atoms with Crippen molar-refractivity contribution in [1.82, 2.24) is 15.2 Å². The minimum absolute atomic E-state index is 0. The number of halogens is 1. The third kappa shape index (κ3) is 6.23. The fraction of sp³-hybridized carbons (Fsp3) is 0.545. The molecule has 1 saturated heterocycles. The standard InChI is InChI=1S/C22H33N5OS.HI/c1-22(2,3)19-16-29-20(25-19)10-11-24-21(23-4)27-14-12-26(13-15-27)17-8-6-7-9-18(17)28-5;/h6-9,16H,10-15H2,1-5H3,(H,23,24);1H. The van der Waals surface area contributed by atoms with Gasteiger partial charge in [0.25, 0.3) is 0 Å². The van der Waals surface area contributed by atoms with E-state index in [1.807, 2.05) is 19.2 Å². The molecule has 1 aliphatic rings. The number of piperazine rings is 1. The molecule has 0 radical (unpaired) electrons. The largest absolute Gasteiger partial charge is 0.495 e. The van der Waals surface area contributed by atoms with E-state index < -0.39 is 0 Å². The predicted octanol–water partition coefficient (Wildman–Crippen LogP) is 4.01. The third-order valence-electron chi connectivity index (χ3n) is 5.16. The van der Waals surface area contributed by atoms with Gasteiger partial charge in [0.2, 0.25) is 0 Å². The van der Waals surface area contributed by atoms with Gasteiger partial charge >= 0.3 is 0 Å². The van der Waals surface area contributed by atoms with E-state index in [4.69, 9.17) is 9.72 Å². The van der Waals surface area contributed by atoms with E-state index >= 15 is 0 Å². The van der Waals surface area contributed by atoms with Crippen molar-refractivity contribution in [3.8, 4) is 5.75 Å². The summed E-state index contributed by atoms with van der Waals surface area (Å²) in [4.78, 5) is 14.0. The van der Waals surface area contributed by atoms with Gasteiger partial charge in [-0.1, -0.05) is 32.9 Å². The zero-order valence-electron chi connectivity index (χ0n) is 18.6. The minimum Gasteiger partial charge on any atom is -0.495 e. The summed E-state index contributed by atoms with van der Waals surface area (Å²) in [7, 11) is 3.59. The Morgan fingerprint density at radius 3 is 2.50 bits per heavy atom. The molecule has 0 amide bonds. The van der Waals surface area contributed by atoms with Gasteiger partial charge in [0, 0.05) is 57.0 Å². The maximum Gasteiger partial charge on any atom is 0.193 e. The second-order valence-corrected chi connectivity index (χ2v) is 9.19. The summed E-state index contributed by atoms with van der Waals surface area (Å²) in [6, 6.07) is 8.22. The van der Waals surface area contributed by atoms with Crippen LogP contribution in [0.3, 0.4) is 0 Å². The van der Waals surface area contributed by atoms with Crippen LogP contribution in [0, 0.1) is 0 Å². The van der Waals surface area contributed by atoms with Gasteiger partial charge in [-0.25, -0.2) is 4.98 Å². The third-order valence-corrected chi connectivity index (χ3v) is 6.07. The molecule has 8 heteroatoms. The van der Waals surface area contributed by atoms with E-state index in [2.05, 4.69) is 58.4 Å². The number of aromatic nitrogens is 1. The number of ether oxygens (including phenoxy) is 1. The molecule has 0 aliphatic carbocycles. The molecule has 6 nitrogen and oxygen atoms in total. The first-order chi connectivity index (χ1) is 13.9. The van der Waals surface area contributed by atoms with Crippen molar-refractivity contribution in [2.45, 2.75) is 32.6 Å². The maximum absolute atomic E-state index is 5.52. The Kier molecular flexibility index (Phi) is 9.21. The van der Waals surface area contributed by atoms with Gasteiger partial charge in [0.1, 0.15) is 5.75 Å². The van der Waals surface area contributed by atoms with Crippen molar-refractivity contribution in [3.05, 3.63) is 40.3 Å². The van der Waals surface area contributed by atoms with Crippen molar-refractivity contribution in [2.75, 3.05) is 51.8 Å². The Hall–Kier alpha value is -1.55. The molecule has 0 atom stereocenters. The molecule has 30 heavy (non-hydrogen) atoms. The quantitative estimate of drug-likeness (QED) is 0.351. The highest BCUT2D eigenvalue weighted by Crippen LogP contribution is 2.28. The molecular weight excluding hydrogens is 509 g/mol. The highest BCUT2D eigenvalue weighted by Gasteiger charge is 2.22. The van der Waals surface area contributed by atoms with Crippen molar-refractivity contribution >= 4 is 47.0 Å². The predicted molar refractivity (Wildman–Crippen MR) is 138 cm³/mol. The molecule has 1 aromatic heterocycles. The molecule has 0 spiro atoms. The summed E-state index contributed by atoms with van der Waals surface area (Å²) in [5, 5.41) is 6.87. The molecule has 0 bridgehead atoms. The van der Waals surface area contributed by atoms with E-state index in [-0.39, 0.29) is 29.4 Å². The Morgan fingerprint density at radius 2 is 1.90 bits per heavy atom. The number of para-hydroxylation sites is 2. The number of thiazole rings is 1. The lowest BCUT2D eigenvalue weighted by Gasteiger charge is -2.38. The molecule has 1 N–H and O–H groups in total. The lowest BCUT2D eigenvalue weighted by molar-refractivity contribution is 0.367. The normalized spacial score (nSPS) is 15.0. The van der Waals surface area contributed by atoms with E-state index in [0.717, 1.165) is 56.5 Å². The van der Waals surface area contributed by atoms with Gasteiger partial charge in [0.05, 0.1) is 23.5 Å². The molecule has 2 aromatic rings. The number of anilines is 1. The zero-order chi connectivity index (χ0) is 20.9. The van der Waals surface area contributed by atoms with Gasteiger partial charge in [-0.05, 0) is 12.1 Å². The van der Waals surface area contributed by atoms with Crippen LogP contribution in [0.2, 0.25) is 0 Å². The van der Waals surface area contributed by atoms with Gasteiger partial charge in [-0.3, -0.25) is 4.99 Å². The molecule has 1 aromatic carbocycles. The molecule has 3 rings (SSSR count). The van der Waals surface area contributed by atoms with Crippen LogP contribution in [-0.4, -0.2) is 62.7 Å². The Morgan fingerprint density at radius 1 is 1.20 bits per heavy atom. The first-order valence-electron chi connectivity index (χ1n) is 10.2. The summed E-state index contributed by atoms with van der Waals surface area (Å²) in [6.45, 7) is 11.2. The fourth-order valence-corrected chi connectivity index (χ4v) is 4.46. The topological polar surface area (TPSA) is 53.0 Å². The summed E-state index contributed by atoms with van der Waals surface area (Å²) < 4.78 is 5.52. The first-order valence-corrected chi connectivity index (χ1v) is 11.1. The smallest absolute Gasteiger partial charge is 0.193 e. The zero-order valence-corrected chi connectivity index (χ0v) is 21.8. The first kappa shape index (κ1) is 24.7. The Labute approximate surface area is 201 Å². The fourth-order valence-electron chi connectivity index (χ4n) is 3.43. The molecule has 0 saturated carbocycles.